The van der Waals surface area contributed by atoms with E-state index in [0.29, 0.717) is 6.61 Å². The fraction of sp³-hybridized carbons (Fsp3) is 0.636. The lowest BCUT2D eigenvalue weighted by molar-refractivity contribution is 0.0200. The van der Waals surface area contributed by atoms with E-state index in [2.05, 4.69) is 14.4 Å². The molecule has 2 heterocycles. The number of thiazole rings is 1. The van der Waals surface area contributed by atoms with Gasteiger partial charge in [-0.15, -0.1) is 11.3 Å². The molecule has 1 aromatic heterocycles. The van der Waals surface area contributed by atoms with Gasteiger partial charge in [-0.2, -0.15) is 0 Å². The van der Waals surface area contributed by atoms with Crippen molar-refractivity contribution in [3.05, 3.63) is 11.2 Å². The molecule has 1 aliphatic rings. The summed E-state index contributed by atoms with van der Waals surface area (Å²) in [6, 6.07) is 0. The minimum Gasteiger partial charge on any atom is -0.464 e. The third kappa shape index (κ3) is 3.54. The molecule has 0 saturated carbocycles. The molecule has 1 N–H and O–H groups in total. The van der Waals surface area contributed by atoms with E-state index in [1.54, 1.807) is 0 Å². The molecule has 1 saturated heterocycles. The number of hydrogen-bond donors (Lipinski definition) is 1. The monoisotopic (exact) mass is 320 g/mol. The molecule has 0 radical (unpaired) electrons. The topological polar surface area (TPSA) is 94.6 Å². The Morgan fingerprint density at radius 2 is 2.40 bits per heavy atom. The zero-order chi connectivity index (χ0) is 14.6. The highest BCUT2D eigenvalue weighted by Crippen LogP contribution is 2.21. The third-order valence-corrected chi connectivity index (χ3v) is 5.73. The molecule has 2 rings (SSSR count). The number of hydrogen-bond acceptors (Lipinski definition) is 7. The normalized spacial score (nSPS) is 19.8. The Morgan fingerprint density at radius 3 is 3.05 bits per heavy atom. The molecule has 0 amide bonds. The van der Waals surface area contributed by atoms with Gasteiger partial charge in [-0.05, 0) is 19.3 Å². The van der Waals surface area contributed by atoms with Gasteiger partial charge in [0.25, 0.3) is 10.0 Å². The first-order chi connectivity index (χ1) is 9.54. The second-order valence-electron chi connectivity index (χ2n) is 4.32. The maximum absolute atomic E-state index is 12.2. The van der Waals surface area contributed by atoms with Gasteiger partial charge in [0.15, 0.2) is 9.90 Å². The van der Waals surface area contributed by atoms with Crippen LogP contribution in [0, 0.1) is 0 Å². The number of rotatable bonds is 5. The largest absolute Gasteiger partial charge is 0.464 e. The van der Waals surface area contributed by atoms with Crippen LogP contribution in [0.2, 0.25) is 0 Å². The second-order valence-corrected chi connectivity index (χ2v) is 7.14. The van der Waals surface area contributed by atoms with Crippen LogP contribution in [0.5, 0.6) is 0 Å². The van der Waals surface area contributed by atoms with Crippen molar-refractivity contribution in [1.82, 2.24) is 9.71 Å². The van der Waals surface area contributed by atoms with Gasteiger partial charge in [-0.25, -0.2) is 22.9 Å². The average Bonchev–Trinajstić information content (AvgIpc) is 2.96. The highest BCUT2D eigenvalue weighted by Gasteiger charge is 2.27. The van der Waals surface area contributed by atoms with E-state index in [4.69, 9.17) is 4.74 Å². The average molecular weight is 320 g/mol. The number of carbonyl (C=O) groups is 1. The molecule has 0 spiro atoms. The van der Waals surface area contributed by atoms with Crippen LogP contribution in [0.3, 0.4) is 0 Å². The van der Waals surface area contributed by atoms with E-state index >= 15 is 0 Å². The fourth-order valence-electron chi connectivity index (χ4n) is 1.90. The molecule has 7 nitrogen and oxygen atoms in total. The van der Waals surface area contributed by atoms with Gasteiger partial charge >= 0.3 is 5.97 Å². The molecule has 1 fully saturated rings. The van der Waals surface area contributed by atoms with E-state index in [-0.39, 0.29) is 22.6 Å². The van der Waals surface area contributed by atoms with Crippen LogP contribution in [0.1, 0.15) is 29.8 Å². The summed E-state index contributed by atoms with van der Waals surface area (Å²) >= 11 is 0.884. The van der Waals surface area contributed by atoms with E-state index in [9.17, 15) is 13.2 Å². The molecular formula is C11H16N2O5S2. The summed E-state index contributed by atoms with van der Waals surface area (Å²) in [5.41, 5.74) is 1.12. The van der Waals surface area contributed by atoms with Crippen LogP contribution in [0.15, 0.2) is 9.72 Å². The lowest BCUT2D eigenvalue weighted by Gasteiger charge is -2.22. The highest BCUT2D eigenvalue weighted by atomic mass is 32.2. The Morgan fingerprint density at radius 1 is 1.60 bits per heavy atom. The van der Waals surface area contributed by atoms with Crippen molar-refractivity contribution in [3.63, 3.8) is 0 Å². The van der Waals surface area contributed by atoms with Gasteiger partial charge in [0, 0.05) is 13.2 Å². The van der Waals surface area contributed by atoms with Crippen LogP contribution < -0.4 is 4.72 Å². The smallest absolute Gasteiger partial charge is 0.358 e. The lowest BCUT2D eigenvalue weighted by atomic mass is 10.1. The molecule has 1 unspecified atom stereocenters. The number of ether oxygens (including phenoxy) is 2. The van der Waals surface area contributed by atoms with Gasteiger partial charge in [0.1, 0.15) is 0 Å². The third-order valence-electron chi connectivity index (χ3n) is 2.93. The molecule has 0 bridgehead atoms. The number of methoxy groups -OCH3 is 1. The fourth-order valence-corrected chi connectivity index (χ4v) is 4.14. The predicted molar refractivity (Wildman–Crippen MR) is 72.2 cm³/mol. The minimum absolute atomic E-state index is 0.118. The molecule has 1 atom stereocenters. The Hall–Kier alpha value is -1.03. The van der Waals surface area contributed by atoms with Crippen LogP contribution in [-0.2, 0) is 19.5 Å². The minimum atomic E-state index is -3.78. The maximum Gasteiger partial charge on any atom is 0.358 e. The summed E-state index contributed by atoms with van der Waals surface area (Å²) in [5.74, 6) is -0.763. The van der Waals surface area contributed by atoms with Crippen LogP contribution in [0.4, 0.5) is 0 Å². The first kappa shape index (κ1) is 15.4. The van der Waals surface area contributed by atoms with Crippen molar-refractivity contribution in [3.8, 4) is 0 Å². The molecular weight excluding hydrogens is 304 g/mol. The summed E-state index contributed by atoms with van der Waals surface area (Å²) in [7, 11) is -2.59. The van der Waals surface area contributed by atoms with Gasteiger partial charge in [-0.1, -0.05) is 0 Å². The molecule has 112 valence electrons. The van der Waals surface area contributed by atoms with E-state index in [1.807, 2.05) is 0 Å². The number of sulfonamides is 1. The van der Waals surface area contributed by atoms with Crippen molar-refractivity contribution in [2.45, 2.75) is 29.6 Å². The zero-order valence-corrected chi connectivity index (χ0v) is 12.6. The highest BCUT2D eigenvalue weighted by molar-refractivity contribution is 7.91. The van der Waals surface area contributed by atoms with Crippen LogP contribution in [0.25, 0.3) is 0 Å². The second kappa shape index (κ2) is 6.61. The summed E-state index contributed by atoms with van der Waals surface area (Å²) in [6.07, 6.45) is 2.74. The zero-order valence-electron chi connectivity index (χ0n) is 11.0. The Kier molecular flexibility index (Phi) is 5.08. The summed E-state index contributed by atoms with van der Waals surface area (Å²) in [4.78, 5) is 15.2. The SMILES string of the molecule is COC(=O)c1ncsc1S(=O)(=O)NCC1CCCCO1. The molecule has 0 aliphatic carbocycles. The van der Waals surface area contributed by atoms with Crippen molar-refractivity contribution in [2.75, 3.05) is 20.3 Å². The first-order valence-electron chi connectivity index (χ1n) is 6.17. The van der Waals surface area contributed by atoms with Crippen molar-refractivity contribution < 1.29 is 22.7 Å². The Bertz CT molecular complexity index is 563. The Labute approximate surface area is 121 Å². The number of nitrogens with one attached hydrogen (secondary N) is 1. The number of esters is 1. The molecule has 1 aromatic rings. The van der Waals surface area contributed by atoms with Crippen molar-refractivity contribution >= 4 is 27.3 Å². The van der Waals surface area contributed by atoms with Gasteiger partial charge < -0.3 is 9.47 Å². The number of nitrogens with zero attached hydrogens (tertiary/aromatic N) is 1. The van der Waals surface area contributed by atoms with Crippen molar-refractivity contribution in [2.24, 2.45) is 0 Å². The molecule has 20 heavy (non-hydrogen) atoms. The van der Waals surface area contributed by atoms with E-state index < -0.39 is 16.0 Å². The molecule has 0 aromatic carbocycles. The van der Waals surface area contributed by atoms with Gasteiger partial charge in [0.05, 0.1) is 18.7 Å². The summed E-state index contributed by atoms with van der Waals surface area (Å²) in [5, 5.41) is 0. The lowest BCUT2D eigenvalue weighted by Crippen LogP contribution is -2.35. The van der Waals surface area contributed by atoms with Crippen LogP contribution in [-0.4, -0.2) is 45.7 Å². The Balaban J connectivity index is 2.06. The number of carbonyl (C=O) groups excluding carboxylic acids is 1. The number of aromatic nitrogens is 1. The van der Waals surface area contributed by atoms with E-state index in [0.717, 1.165) is 30.6 Å². The summed E-state index contributed by atoms with van der Waals surface area (Å²) in [6.45, 7) is 0.848. The standard InChI is InChI=1S/C11H16N2O5S2/c1-17-10(14)9-11(19-7-12-9)20(15,16)13-6-8-4-2-3-5-18-8/h7-8,13H,2-6H2,1H3. The predicted octanol–water partition coefficient (Wildman–Crippen LogP) is 0.777. The van der Waals surface area contributed by atoms with Gasteiger partial charge in [0.2, 0.25) is 0 Å². The molecule has 1 aliphatic heterocycles. The summed E-state index contributed by atoms with van der Waals surface area (Å²) < 4.78 is 36.7. The first-order valence-corrected chi connectivity index (χ1v) is 8.54. The van der Waals surface area contributed by atoms with Crippen molar-refractivity contribution in [1.29, 1.82) is 0 Å². The van der Waals surface area contributed by atoms with E-state index in [1.165, 1.54) is 12.6 Å². The maximum atomic E-state index is 12.2. The molecule has 9 heteroatoms. The quantitative estimate of drug-likeness (QED) is 0.806. The van der Waals surface area contributed by atoms with Crippen LogP contribution >= 0.6 is 11.3 Å². The van der Waals surface area contributed by atoms with Gasteiger partial charge in [-0.3, -0.25) is 0 Å².